The molecule has 0 aromatic heterocycles. The molecule has 0 aliphatic heterocycles. The van der Waals surface area contributed by atoms with Crippen LogP contribution in [0.1, 0.15) is 31.2 Å². The van der Waals surface area contributed by atoms with E-state index >= 15 is 0 Å². The highest BCUT2D eigenvalue weighted by molar-refractivity contribution is 5.84. The van der Waals surface area contributed by atoms with Crippen LogP contribution in [-0.4, -0.2) is 17.0 Å². The van der Waals surface area contributed by atoms with Gasteiger partial charge in [0.05, 0.1) is 18.4 Å². The fraction of sp³-hybridized carbons (Fsp3) is 0.462. The van der Waals surface area contributed by atoms with E-state index in [0.717, 1.165) is 37.0 Å². The maximum atomic E-state index is 12.9. The number of halogens is 1. The summed E-state index contributed by atoms with van der Waals surface area (Å²) in [5, 5.41) is 11.8. The molecule has 3 nitrogen and oxygen atoms in total. The van der Waals surface area contributed by atoms with Crippen molar-refractivity contribution in [1.29, 1.82) is 0 Å². The van der Waals surface area contributed by atoms with E-state index in [1.54, 1.807) is 6.07 Å². The SMILES string of the molecule is ON=C1CCC(OCc2cccc(F)c2)CC1. The quantitative estimate of drug-likeness (QED) is 0.648. The molecule has 1 aliphatic carbocycles. The highest BCUT2D eigenvalue weighted by Gasteiger charge is 2.18. The van der Waals surface area contributed by atoms with Crippen LogP contribution in [0.25, 0.3) is 0 Å². The third kappa shape index (κ3) is 3.53. The average molecular weight is 237 g/mol. The fourth-order valence-corrected chi connectivity index (χ4v) is 2.03. The number of hydrogen-bond donors (Lipinski definition) is 1. The van der Waals surface area contributed by atoms with Crippen LogP contribution < -0.4 is 0 Å². The normalized spacial score (nSPS) is 20.3. The van der Waals surface area contributed by atoms with Crippen molar-refractivity contribution < 1.29 is 14.3 Å². The minimum absolute atomic E-state index is 0.184. The van der Waals surface area contributed by atoms with Crippen LogP contribution in [0.15, 0.2) is 29.4 Å². The molecule has 0 radical (unpaired) electrons. The summed E-state index contributed by atoms with van der Waals surface area (Å²) < 4.78 is 18.6. The lowest BCUT2D eigenvalue weighted by atomic mass is 9.96. The first-order valence-electron chi connectivity index (χ1n) is 5.84. The van der Waals surface area contributed by atoms with Crippen molar-refractivity contribution >= 4 is 5.71 Å². The molecule has 2 rings (SSSR count). The van der Waals surface area contributed by atoms with Crippen LogP contribution in [0, 0.1) is 5.82 Å². The molecular weight excluding hydrogens is 221 g/mol. The van der Waals surface area contributed by atoms with Gasteiger partial charge in [-0.1, -0.05) is 17.3 Å². The third-order valence-electron chi connectivity index (χ3n) is 3.03. The van der Waals surface area contributed by atoms with Gasteiger partial charge in [0.1, 0.15) is 5.82 Å². The van der Waals surface area contributed by atoms with Crippen LogP contribution in [0.4, 0.5) is 4.39 Å². The summed E-state index contributed by atoms with van der Waals surface area (Å²) in [7, 11) is 0. The zero-order valence-electron chi connectivity index (χ0n) is 9.60. The van der Waals surface area contributed by atoms with Crippen molar-refractivity contribution in [3.63, 3.8) is 0 Å². The van der Waals surface area contributed by atoms with Gasteiger partial charge in [-0.25, -0.2) is 4.39 Å². The number of hydrogen-bond acceptors (Lipinski definition) is 3. The molecule has 1 saturated carbocycles. The molecule has 4 heteroatoms. The van der Waals surface area contributed by atoms with Crippen LogP contribution in [0.5, 0.6) is 0 Å². The molecular formula is C13H16FNO2. The zero-order valence-corrected chi connectivity index (χ0v) is 9.60. The Balaban J connectivity index is 1.79. The summed E-state index contributed by atoms with van der Waals surface area (Å²) in [6.07, 6.45) is 3.49. The zero-order chi connectivity index (χ0) is 12.1. The van der Waals surface area contributed by atoms with Crippen molar-refractivity contribution in [2.45, 2.75) is 38.4 Å². The molecule has 92 valence electrons. The molecule has 0 spiro atoms. The molecule has 1 fully saturated rings. The van der Waals surface area contributed by atoms with Crippen molar-refractivity contribution in [2.75, 3.05) is 0 Å². The number of nitrogens with zero attached hydrogens (tertiary/aromatic N) is 1. The Hall–Kier alpha value is -1.42. The smallest absolute Gasteiger partial charge is 0.123 e. The topological polar surface area (TPSA) is 41.8 Å². The second-order valence-electron chi connectivity index (χ2n) is 4.31. The van der Waals surface area contributed by atoms with Gasteiger partial charge in [0.2, 0.25) is 0 Å². The van der Waals surface area contributed by atoms with Gasteiger partial charge in [0.25, 0.3) is 0 Å². The van der Waals surface area contributed by atoms with Gasteiger partial charge >= 0.3 is 0 Å². The van der Waals surface area contributed by atoms with Gasteiger partial charge in [-0.05, 0) is 43.4 Å². The molecule has 0 saturated heterocycles. The Bertz CT molecular complexity index is 396. The van der Waals surface area contributed by atoms with Gasteiger partial charge < -0.3 is 9.94 Å². The van der Waals surface area contributed by atoms with Gasteiger partial charge in [0.15, 0.2) is 0 Å². The number of oxime groups is 1. The maximum Gasteiger partial charge on any atom is 0.123 e. The molecule has 17 heavy (non-hydrogen) atoms. The second kappa shape index (κ2) is 5.77. The highest BCUT2D eigenvalue weighted by Crippen LogP contribution is 2.20. The van der Waals surface area contributed by atoms with Crippen LogP contribution >= 0.6 is 0 Å². The fourth-order valence-electron chi connectivity index (χ4n) is 2.03. The molecule has 0 atom stereocenters. The lowest BCUT2D eigenvalue weighted by Crippen LogP contribution is -2.21. The van der Waals surface area contributed by atoms with Crippen molar-refractivity contribution in [3.05, 3.63) is 35.6 Å². The highest BCUT2D eigenvalue weighted by atomic mass is 19.1. The molecule has 1 N–H and O–H groups in total. The van der Waals surface area contributed by atoms with E-state index in [9.17, 15) is 4.39 Å². The molecule has 0 bridgehead atoms. The average Bonchev–Trinajstić information content (AvgIpc) is 2.37. The van der Waals surface area contributed by atoms with Gasteiger partial charge in [-0.3, -0.25) is 0 Å². The summed E-state index contributed by atoms with van der Waals surface area (Å²) in [6.45, 7) is 0.439. The number of rotatable bonds is 3. The summed E-state index contributed by atoms with van der Waals surface area (Å²) in [5.41, 5.74) is 1.70. The van der Waals surface area contributed by atoms with Gasteiger partial charge in [-0.15, -0.1) is 0 Å². The molecule has 0 unspecified atom stereocenters. The van der Waals surface area contributed by atoms with Crippen molar-refractivity contribution in [2.24, 2.45) is 5.16 Å². The first kappa shape index (κ1) is 12.0. The predicted octanol–water partition coefficient (Wildman–Crippen LogP) is 3.12. The van der Waals surface area contributed by atoms with Crippen LogP contribution in [0.2, 0.25) is 0 Å². The van der Waals surface area contributed by atoms with Gasteiger partial charge in [0, 0.05) is 0 Å². The summed E-state index contributed by atoms with van der Waals surface area (Å²) >= 11 is 0. The van der Waals surface area contributed by atoms with E-state index in [4.69, 9.17) is 9.94 Å². The Morgan fingerprint density at radius 2 is 2.12 bits per heavy atom. The Morgan fingerprint density at radius 1 is 1.35 bits per heavy atom. The summed E-state index contributed by atoms with van der Waals surface area (Å²) in [4.78, 5) is 0. The molecule has 0 heterocycles. The molecule has 1 aromatic carbocycles. The van der Waals surface area contributed by atoms with E-state index in [1.807, 2.05) is 6.07 Å². The third-order valence-corrected chi connectivity index (χ3v) is 3.03. The Morgan fingerprint density at radius 3 is 2.76 bits per heavy atom. The molecule has 1 aromatic rings. The summed E-state index contributed by atoms with van der Waals surface area (Å²) in [5.74, 6) is -0.232. The van der Waals surface area contributed by atoms with E-state index in [1.165, 1.54) is 12.1 Å². The minimum Gasteiger partial charge on any atom is -0.411 e. The van der Waals surface area contributed by atoms with Crippen molar-refractivity contribution in [3.8, 4) is 0 Å². The standard InChI is InChI=1S/C13H16FNO2/c14-11-3-1-2-10(8-11)9-17-13-6-4-12(15-16)5-7-13/h1-3,8,13,16H,4-7,9H2. The van der Waals surface area contributed by atoms with Crippen LogP contribution in [-0.2, 0) is 11.3 Å². The number of ether oxygens (including phenoxy) is 1. The van der Waals surface area contributed by atoms with E-state index in [-0.39, 0.29) is 11.9 Å². The molecule has 1 aliphatic rings. The largest absolute Gasteiger partial charge is 0.411 e. The second-order valence-corrected chi connectivity index (χ2v) is 4.31. The van der Waals surface area contributed by atoms with E-state index in [0.29, 0.717) is 6.61 Å². The Kier molecular flexibility index (Phi) is 4.09. The van der Waals surface area contributed by atoms with Crippen LogP contribution in [0.3, 0.4) is 0 Å². The minimum atomic E-state index is -0.232. The predicted molar refractivity (Wildman–Crippen MR) is 62.7 cm³/mol. The first-order valence-corrected chi connectivity index (χ1v) is 5.84. The van der Waals surface area contributed by atoms with Crippen molar-refractivity contribution in [1.82, 2.24) is 0 Å². The van der Waals surface area contributed by atoms with Gasteiger partial charge in [-0.2, -0.15) is 0 Å². The lowest BCUT2D eigenvalue weighted by Gasteiger charge is -2.22. The van der Waals surface area contributed by atoms with E-state index in [2.05, 4.69) is 5.16 Å². The number of benzene rings is 1. The maximum absolute atomic E-state index is 12.9. The first-order chi connectivity index (χ1) is 8.28. The monoisotopic (exact) mass is 237 g/mol. The Labute approximate surface area is 99.9 Å². The summed E-state index contributed by atoms with van der Waals surface area (Å²) in [6, 6.07) is 6.45. The molecule has 0 amide bonds. The van der Waals surface area contributed by atoms with E-state index < -0.39 is 0 Å². The lowest BCUT2D eigenvalue weighted by molar-refractivity contribution is 0.0276.